The van der Waals surface area contributed by atoms with Crippen molar-refractivity contribution in [1.82, 2.24) is 4.90 Å². The Morgan fingerprint density at radius 3 is 2.38 bits per heavy atom. The summed E-state index contributed by atoms with van der Waals surface area (Å²) in [6, 6.07) is 9.70. The molecule has 9 nitrogen and oxygen atoms in total. The summed E-state index contributed by atoms with van der Waals surface area (Å²) in [5, 5.41) is 9.56. The molecule has 2 aromatic rings. The molecule has 0 spiro atoms. The molecule has 1 saturated heterocycles. The van der Waals surface area contributed by atoms with Crippen molar-refractivity contribution in [2.24, 2.45) is 5.92 Å². The molecule has 0 unspecified atom stereocenters. The third kappa shape index (κ3) is 5.77. The second-order valence-electron chi connectivity index (χ2n) is 7.71. The smallest absolute Gasteiger partial charge is 0.339 e. The average Bonchev–Trinajstić information content (AvgIpc) is 2.78. The number of amides is 1. The van der Waals surface area contributed by atoms with Crippen molar-refractivity contribution in [2.45, 2.75) is 17.7 Å². The van der Waals surface area contributed by atoms with Crippen LogP contribution in [0.25, 0.3) is 0 Å². The number of hydrogen-bond acceptors (Lipinski definition) is 6. The van der Waals surface area contributed by atoms with Gasteiger partial charge in [-0.3, -0.25) is 9.52 Å². The second-order valence-corrected chi connectivity index (χ2v) is 9.39. The summed E-state index contributed by atoms with van der Waals surface area (Å²) < 4.78 is 39.0. The molecule has 1 fully saturated rings. The maximum atomic E-state index is 12.8. The standard InChI is InChI=1S/C22H26N2O7S/c1-24(2)21(25)16-3-5-17(6-4-16)23-32(28,29)18-7-8-20(19(13-18)22(26)27)31-14-15-9-11-30-12-10-15/h3-8,13,15,23H,9-12,14H2,1-2H3,(H,26,27). The first-order chi connectivity index (χ1) is 15.2. The summed E-state index contributed by atoms with van der Waals surface area (Å²) in [4.78, 5) is 24.9. The monoisotopic (exact) mass is 462 g/mol. The molecule has 0 saturated carbocycles. The van der Waals surface area contributed by atoms with E-state index in [2.05, 4.69) is 4.72 Å². The Hall–Kier alpha value is -3.11. The van der Waals surface area contributed by atoms with Crippen molar-refractivity contribution in [2.75, 3.05) is 38.6 Å². The fraction of sp³-hybridized carbons (Fsp3) is 0.364. The number of carbonyl (C=O) groups is 2. The minimum absolute atomic E-state index is 0.120. The molecular formula is C22H26N2O7S. The summed E-state index contributed by atoms with van der Waals surface area (Å²) in [5.41, 5.74) is 0.432. The molecule has 1 amide bonds. The van der Waals surface area contributed by atoms with E-state index < -0.39 is 16.0 Å². The average molecular weight is 463 g/mol. The van der Waals surface area contributed by atoms with Gasteiger partial charge in [0.1, 0.15) is 11.3 Å². The normalized spacial score (nSPS) is 14.6. The molecule has 0 aliphatic carbocycles. The predicted octanol–water partition coefficient (Wildman–Crippen LogP) is 2.69. The van der Waals surface area contributed by atoms with Crippen LogP contribution < -0.4 is 9.46 Å². The lowest BCUT2D eigenvalue weighted by atomic mass is 10.0. The summed E-state index contributed by atoms with van der Waals surface area (Å²) in [7, 11) is -0.810. The highest BCUT2D eigenvalue weighted by Gasteiger charge is 2.22. The van der Waals surface area contributed by atoms with Gasteiger partial charge < -0.3 is 19.5 Å². The van der Waals surface area contributed by atoms with Gasteiger partial charge in [-0.2, -0.15) is 0 Å². The predicted molar refractivity (Wildman–Crippen MR) is 118 cm³/mol. The highest BCUT2D eigenvalue weighted by molar-refractivity contribution is 7.92. The number of rotatable bonds is 8. The Balaban J connectivity index is 1.76. The van der Waals surface area contributed by atoms with Crippen LogP contribution in [0.1, 0.15) is 33.6 Å². The third-order valence-corrected chi connectivity index (χ3v) is 6.48. The van der Waals surface area contributed by atoms with E-state index in [0.717, 1.165) is 18.9 Å². The van der Waals surface area contributed by atoms with Crippen LogP contribution in [0.2, 0.25) is 0 Å². The minimum atomic E-state index is -4.05. The largest absolute Gasteiger partial charge is 0.492 e. The number of nitrogens with zero attached hydrogens (tertiary/aromatic N) is 1. The summed E-state index contributed by atoms with van der Waals surface area (Å²) in [6.45, 7) is 1.63. The van der Waals surface area contributed by atoms with Crippen LogP contribution in [-0.2, 0) is 14.8 Å². The van der Waals surface area contributed by atoms with Gasteiger partial charge in [-0.15, -0.1) is 0 Å². The van der Waals surface area contributed by atoms with Crippen LogP contribution >= 0.6 is 0 Å². The molecular weight excluding hydrogens is 436 g/mol. The summed E-state index contributed by atoms with van der Waals surface area (Å²) in [5.74, 6) is -1.11. The highest BCUT2D eigenvalue weighted by Crippen LogP contribution is 2.26. The Morgan fingerprint density at radius 2 is 1.78 bits per heavy atom. The maximum Gasteiger partial charge on any atom is 0.339 e. The number of sulfonamides is 1. The summed E-state index contributed by atoms with van der Waals surface area (Å²) in [6.07, 6.45) is 1.66. The van der Waals surface area contributed by atoms with Gasteiger partial charge in [-0.25, -0.2) is 13.2 Å². The molecule has 2 N–H and O–H groups in total. The number of benzene rings is 2. The Labute approximate surface area is 187 Å². The van der Waals surface area contributed by atoms with Crippen molar-refractivity contribution < 1.29 is 32.6 Å². The van der Waals surface area contributed by atoms with E-state index in [1.54, 1.807) is 14.1 Å². The first-order valence-electron chi connectivity index (χ1n) is 10.1. The first-order valence-corrected chi connectivity index (χ1v) is 11.6. The quantitative estimate of drug-likeness (QED) is 0.618. The molecule has 0 aromatic heterocycles. The molecule has 3 rings (SSSR count). The first kappa shape index (κ1) is 23.6. The molecule has 0 radical (unpaired) electrons. The molecule has 32 heavy (non-hydrogen) atoms. The fourth-order valence-corrected chi connectivity index (χ4v) is 4.33. The number of anilines is 1. The Morgan fingerprint density at radius 1 is 1.12 bits per heavy atom. The molecule has 2 aromatic carbocycles. The lowest BCUT2D eigenvalue weighted by Crippen LogP contribution is -2.22. The van der Waals surface area contributed by atoms with Crippen LogP contribution in [0.5, 0.6) is 5.75 Å². The van der Waals surface area contributed by atoms with Gasteiger partial charge in [-0.05, 0) is 61.2 Å². The van der Waals surface area contributed by atoms with Crippen LogP contribution in [-0.4, -0.2) is 64.2 Å². The lowest BCUT2D eigenvalue weighted by molar-refractivity contribution is 0.0490. The number of carboxylic acid groups (broad SMARTS) is 1. The minimum Gasteiger partial charge on any atom is -0.492 e. The number of carbonyl (C=O) groups excluding carboxylic acids is 1. The van der Waals surface area contributed by atoms with Gasteiger partial charge in [0.15, 0.2) is 0 Å². The second kappa shape index (κ2) is 10.0. The van der Waals surface area contributed by atoms with Crippen molar-refractivity contribution >= 4 is 27.6 Å². The summed E-state index contributed by atoms with van der Waals surface area (Å²) >= 11 is 0. The van der Waals surface area contributed by atoms with Crippen molar-refractivity contribution in [1.29, 1.82) is 0 Å². The third-order valence-electron chi connectivity index (χ3n) is 5.10. The molecule has 1 heterocycles. The zero-order valence-corrected chi connectivity index (χ0v) is 18.7. The zero-order chi connectivity index (χ0) is 23.3. The molecule has 0 atom stereocenters. The van der Waals surface area contributed by atoms with Gasteiger partial charge in [0.25, 0.3) is 15.9 Å². The number of hydrogen-bond donors (Lipinski definition) is 2. The zero-order valence-electron chi connectivity index (χ0n) is 17.9. The number of ether oxygens (including phenoxy) is 2. The van der Waals surface area contributed by atoms with Gasteiger partial charge in [0.05, 0.1) is 11.5 Å². The number of nitrogens with one attached hydrogen (secondary N) is 1. The topological polar surface area (TPSA) is 122 Å². The molecule has 1 aliphatic heterocycles. The van der Waals surface area contributed by atoms with Crippen LogP contribution in [0.15, 0.2) is 47.4 Å². The maximum absolute atomic E-state index is 12.8. The fourth-order valence-electron chi connectivity index (χ4n) is 3.24. The van der Waals surface area contributed by atoms with Crippen molar-refractivity contribution in [3.8, 4) is 5.75 Å². The van der Waals surface area contributed by atoms with Crippen LogP contribution in [0.4, 0.5) is 5.69 Å². The van der Waals surface area contributed by atoms with Gasteiger partial charge in [0, 0.05) is 38.6 Å². The van der Waals surface area contributed by atoms with E-state index in [1.165, 1.54) is 41.3 Å². The van der Waals surface area contributed by atoms with E-state index in [4.69, 9.17) is 9.47 Å². The number of aromatic carboxylic acids is 1. The van der Waals surface area contributed by atoms with E-state index in [9.17, 15) is 23.1 Å². The molecule has 172 valence electrons. The molecule has 1 aliphatic rings. The highest BCUT2D eigenvalue weighted by atomic mass is 32.2. The van der Waals surface area contributed by atoms with Gasteiger partial charge in [0.2, 0.25) is 0 Å². The van der Waals surface area contributed by atoms with Crippen LogP contribution in [0.3, 0.4) is 0 Å². The van der Waals surface area contributed by atoms with Crippen molar-refractivity contribution in [3.63, 3.8) is 0 Å². The Kier molecular flexibility index (Phi) is 7.37. The van der Waals surface area contributed by atoms with Gasteiger partial charge >= 0.3 is 5.97 Å². The lowest BCUT2D eigenvalue weighted by Gasteiger charge is -2.22. The molecule has 10 heteroatoms. The SMILES string of the molecule is CN(C)C(=O)c1ccc(NS(=O)(=O)c2ccc(OCC3CCOCC3)c(C(=O)O)c2)cc1. The molecule has 0 bridgehead atoms. The van der Waals surface area contributed by atoms with Gasteiger partial charge in [-0.1, -0.05) is 0 Å². The number of carboxylic acids is 1. The van der Waals surface area contributed by atoms with E-state index in [0.29, 0.717) is 25.4 Å². The van der Waals surface area contributed by atoms with Crippen molar-refractivity contribution in [3.05, 3.63) is 53.6 Å². The van der Waals surface area contributed by atoms with E-state index in [1.807, 2.05) is 0 Å². The van der Waals surface area contributed by atoms with E-state index in [-0.39, 0.29) is 33.7 Å². The van der Waals surface area contributed by atoms with Crippen LogP contribution in [0, 0.1) is 5.92 Å². The van der Waals surface area contributed by atoms with E-state index >= 15 is 0 Å². The Bertz CT molecular complexity index is 1080.